The van der Waals surface area contributed by atoms with Gasteiger partial charge in [0.15, 0.2) is 0 Å². The summed E-state index contributed by atoms with van der Waals surface area (Å²) in [6.07, 6.45) is 0.879. The predicted octanol–water partition coefficient (Wildman–Crippen LogP) is 3.02. The maximum absolute atomic E-state index is 8.54. The first-order valence-corrected chi connectivity index (χ1v) is 6.10. The molecule has 0 amide bonds. The molecule has 1 nitrogen and oxygen atoms in total. The van der Waals surface area contributed by atoms with E-state index in [1.54, 1.807) is 11.3 Å². The van der Waals surface area contributed by atoms with Gasteiger partial charge in [0.25, 0.3) is 0 Å². The van der Waals surface area contributed by atoms with Crippen LogP contribution in [-0.2, 0) is 5.75 Å². The van der Waals surface area contributed by atoms with E-state index in [9.17, 15) is 0 Å². The second kappa shape index (κ2) is 5.86. The number of rotatable bonds is 5. The second-order valence-corrected chi connectivity index (χ2v) is 5.24. The molecule has 1 heterocycles. The Morgan fingerprint density at radius 2 is 2.33 bits per heavy atom. The number of thiophene rings is 1. The summed E-state index contributed by atoms with van der Waals surface area (Å²) in [4.78, 5) is 1.31. The van der Waals surface area contributed by atoms with Crippen LogP contribution in [0.4, 0.5) is 0 Å². The molecule has 1 aromatic heterocycles. The SMILES string of the molecule is OCCCSCc1ccc(Cl)s1. The molecule has 0 saturated heterocycles. The van der Waals surface area contributed by atoms with Gasteiger partial charge in [0, 0.05) is 17.2 Å². The largest absolute Gasteiger partial charge is 0.396 e. The van der Waals surface area contributed by atoms with Crippen molar-refractivity contribution in [3.8, 4) is 0 Å². The molecule has 4 heteroatoms. The van der Waals surface area contributed by atoms with Gasteiger partial charge < -0.3 is 5.11 Å². The third-order valence-corrected chi connectivity index (χ3v) is 3.83. The number of aliphatic hydroxyl groups is 1. The van der Waals surface area contributed by atoms with Crippen LogP contribution in [0.25, 0.3) is 0 Å². The Balaban J connectivity index is 2.15. The Morgan fingerprint density at radius 1 is 1.50 bits per heavy atom. The highest BCUT2D eigenvalue weighted by Crippen LogP contribution is 2.25. The van der Waals surface area contributed by atoms with Crippen LogP contribution in [-0.4, -0.2) is 17.5 Å². The molecule has 0 aliphatic rings. The first-order chi connectivity index (χ1) is 5.83. The number of hydrogen-bond donors (Lipinski definition) is 1. The van der Waals surface area contributed by atoms with Crippen LogP contribution in [0.1, 0.15) is 11.3 Å². The summed E-state index contributed by atoms with van der Waals surface area (Å²) in [7, 11) is 0. The average Bonchev–Trinajstić information content (AvgIpc) is 2.45. The van der Waals surface area contributed by atoms with E-state index in [4.69, 9.17) is 16.7 Å². The highest BCUT2D eigenvalue weighted by Gasteiger charge is 1.97. The molecule has 0 unspecified atom stereocenters. The lowest BCUT2D eigenvalue weighted by Crippen LogP contribution is -1.85. The van der Waals surface area contributed by atoms with Crippen LogP contribution in [0.5, 0.6) is 0 Å². The van der Waals surface area contributed by atoms with Crippen LogP contribution in [0.15, 0.2) is 12.1 Å². The molecule has 1 N–H and O–H groups in total. The van der Waals surface area contributed by atoms with E-state index in [0.29, 0.717) is 0 Å². The molecule has 0 atom stereocenters. The molecule has 0 saturated carbocycles. The van der Waals surface area contributed by atoms with Gasteiger partial charge in [-0.3, -0.25) is 0 Å². The quantitative estimate of drug-likeness (QED) is 0.773. The zero-order valence-electron chi connectivity index (χ0n) is 6.62. The number of thioether (sulfide) groups is 1. The molecule has 1 aromatic rings. The molecule has 0 aliphatic heterocycles. The van der Waals surface area contributed by atoms with Crippen LogP contribution in [0, 0.1) is 0 Å². The Labute approximate surface area is 85.8 Å². The number of halogens is 1. The van der Waals surface area contributed by atoms with E-state index < -0.39 is 0 Å². The Hall–Kier alpha value is 0.300. The van der Waals surface area contributed by atoms with Crippen LogP contribution < -0.4 is 0 Å². The van der Waals surface area contributed by atoms with Gasteiger partial charge in [-0.1, -0.05) is 11.6 Å². The minimum Gasteiger partial charge on any atom is -0.396 e. The van der Waals surface area contributed by atoms with Gasteiger partial charge in [-0.25, -0.2) is 0 Å². The van der Waals surface area contributed by atoms with Crippen molar-refractivity contribution in [1.29, 1.82) is 0 Å². The maximum atomic E-state index is 8.54. The van der Waals surface area contributed by atoms with E-state index in [-0.39, 0.29) is 6.61 Å². The molecule has 0 aromatic carbocycles. The van der Waals surface area contributed by atoms with Crippen molar-refractivity contribution in [2.24, 2.45) is 0 Å². The number of aliphatic hydroxyl groups excluding tert-OH is 1. The van der Waals surface area contributed by atoms with Gasteiger partial charge in [-0.15, -0.1) is 11.3 Å². The molecule has 0 spiro atoms. The highest BCUT2D eigenvalue weighted by atomic mass is 35.5. The maximum Gasteiger partial charge on any atom is 0.0931 e. The molecule has 0 radical (unpaired) electrons. The summed E-state index contributed by atoms with van der Waals surface area (Å²) in [6, 6.07) is 3.98. The summed E-state index contributed by atoms with van der Waals surface area (Å²) in [6.45, 7) is 0.290. The van der Waals surface area contributed by atoms with Crippen LogP contribution in [0.2, 0.25) is 4.34 Å². The molecule has 0 fully saturated rings. The monoisotopic (exact) mass is 222 g/mol. The van der Waals surface area contributed by atoms with Crippen molar-refractivity contribution >= 4 is 34.7 Å². The molecule has 1 rings (SSSR count). The molecular formula is C8H11ClOS2. The van der Waals surface area contributed by atoms with Crippen molar-refractivity contribution in [3.05, 3.63) is 21.3 Å². The normalized spacial score (nSPS) is 10.5. The van der Waals surface area contributed by atoms with E-state index in [0.717, 1.165) is 22.3 Å². The highest BCUT2D eigenvalue weighted by molar-refractivity contribution is 7.98. The Kier molecular flexibility index (Phi) is 5.07. The van der Waals surface area contributed by atoms with Gasteiger partial charge in [-0.2, -0.15) is 11.8 Å². The lowest BCUT2D eigenvalue weighted by Gasteiger charge is -1.96. The number of hydrogen-bond acceptors (Lipinski definition) is 3. The fourth-order valence-corrected chi connectivity index (χ4v) is 2.91. The summed E-state index contributed by atoms with van der Waals surface area (Å²) >= 11 is 9.23. The van der Waals surface area contributed by atoms with Crippen LogP contribution >= 0.6 is 34.7 Å². The lowest BCUT2D eigenvalue weighted by atomic mass is 10.5. The minimum atomic E-state index is 0.290. The summed E-state index contributed by atoms with van der Waals surface area (Å²) in [5, 5.41) is 8.54. The first-order valence-electron chi connectivity index (χ1n) is 3.76. The first kappa shape index (κ1) is 10.4. The van der Waals surface area contributed by atoms with E-state index in [1.165, 1.54) is 4.88 Å². The van der Waals surface area contributed by atoms with E-state index in [1.807, 2.05) is 17.8 Å². The topological polar surface area (TPSA) is 20.2 Å². The van der Waals surface area contributed by atoms with Crippen molar-refractivity contribution in [2.75, 3.05) is 12.4 Å². The fourth-order valence-electron chi connectivity index (χ4n) is 0.769. The predicted molar refractivity (Wildman–Crippen MR) is 57.2 cm³/mol. The van der Waals surface area contributed by atoms with E-state index in [2.05, 4.69) is 6.07 Å². The second-order valence-electron chi connectivity index (χ2n) is 2.34. The minimum absolute atomic E-state index is 0.290. The lowest BCUT2D eigenvalue weighted by molar-refractivity contribution is 0.296. The Bertz CT molecular complexity index is 225. The zero-order valence-corrected chi connectivity index (χ0v) is 9.01. The van der Waals surface area contributed by atoms with Crippen molar-refractivity contribution in [2.45, 2.75) is 12.2 Å². The summed E-state index contributed by atoms with van der Waals surface area (Å²) in [5.41, 5.74) is 0. The van der Waals surface area contributed by atoms with Gasteiger partial charge >= 0.3 is 0 Å². The molecule has 68 valence electrons. The fraction of sp³-hybridized carbons (Fsp3) is 0.500. The van der Waals surface area contributed by atoms with Gasteiger partial charge in [0.1, 0.15) is 0 Å². The summed E-state index contributed by atoms with van der Waals surface area (Å²) in [5.74, 6) is 2.03. The Morgan fingerprint density at radius 3 is 2.92 bits per heavy atom. The third kappa shape index (κ3) is 3.81. The van der Waals surface area contributed by atoms with Crippen molar-refractivity contribution in [3.63, 3.8) is 0 Å². The smallest absolute Gasteiger partial charge is 0.0931 e. The third-order valence-electron chi connectivity index (χ3n) is 1.32. The van der Waals surface area contributed by atoms with E-state index >= 15 is 0 Å². The van der Waals surface area contributed by atoms with Gasteiger partial charge in [0.2, 0.25) is 0 Å². The molecule has 0 aliphatic carbocycles. The standard InChI is InChI=1S/C8H11ClOS2/c9-8-3-2-7(12-8)6-11-5-1-4-10/h2-3,10H,1,4-6H2. The van der Waals surface area contributed by atoms with Gasteiger partial charge in [0.05, 0.1) is 4.34 Å². The van der Waals surface area contributed by atoms with Gasteiger partial charge in [-0.05, 0) is 24.3 Å². The molecule has 0 bridgehead atoms. The summed E-state index contributed by atoms with van der Waals surface area (Å²) < 4.78 is 0.854. The van der Waals surface area contributed by atoms with Crippen molar-refractivity contribution < 1.29 is 5.11 Å². The zero-order chi connectivity index (χ0) is 8.81. The average molecular weight is 223 g/mol. The molecular weight excluding hydrogens is 212 g/mol. The van der Waals surface area contributed by atoms with Crippen molar-refractivity contribution in [1.82, 2.24) is 0 Å². The van der Waals surface area contributed by atoms with Crippen LogP contribution in [0.3, 0.4) is 0 Å². The molecule has 12 heavy (non-hydrogen) atoms.